The first-order valence-electron chi connectivity index (χ1n) is 43.8. The van der Waals surface area contributed by atoms with E-state index < -0.39 is 0 Å². The van der Waals surface area contributed by atoms with Crippen LogP contribution in [-0.2, 0) is 9.47 Å². The van der Waals surface area contributed by atoms with E-state index in [0.29, 0.717) is 6.79 Å². The number of aromatic nitrogens is 7. The van der Waals surface area contributed by atoms with Crippen LogP contribution in [0.15, 0.2) is 208 Å². The largest absolute Gasteiger partial charge is 0.454 e. The van der Waals surface area contributed by atoms with Gasteiger partial charge in [-0.3, -0.25) is 5.10 Å². The van der Waals surface area contributed by atoms with Gasteiger partial charge in [-0.15, -0.1) is 0 Å². The van der Waals surface area contributed by atoms with Crippen molar-refractivity contribution in [3.63, 3.8) is 0 Å². The number of oxazole rings is 2. The molecule has 12 aromatic rings. The molecule has 0 bridgehead atoms. The summed E-state index contributed by atoms with van der Waals surface area (Å²) in [6.07, 6.45) is 18.5. The third-order valence-corrected chi connectivity index (χ3v) is 15.0. The van der Waals surface area contributed by atoms with Gasteiger partial charge in [-0.2, -0.15) is 16.4 Å². The maximum Gasteiger partial charge on any atom is 0.231 e. The van der Waals surface area contributed by atoms with Gasteiger partial charge in [0.15, 0.2) is 35.5 Å². The first-order chi connectivity index (χ1) is 57.1. The number of ether oxygens (including phenoxy) is 4. The number of thiophene rings is 1. The summed E-state index contributed by atoms with van der Waals surface area (Å²) in [4.78, 5) is 16.9. The predicted octanol–water partition coefficient (Wildman–Crippen LogP) is 30.3. The Labute approximate surface area is 720 Å². The molecule has 3 saturated heterocycles. The molecule has 6 aromatic carbocycles. The number of benzene rings is 6. The molecule has 0 atom stereocenters. The van der Waals surface area contributed by atoms with Crippen LogP contribution in [0.1, 0.15) is 256 Å². The zero-order valence-electron chi connectivity index (χ0n) is 80.8. The lowest BCUT2D eigenvalue weighted by Gasteiger charge is -2.21. The Morgan fingerprint density at radius 1 is 0.419 bits per heavy atom. The third kappa shape index (κ3) is 72.3. The van der Waals surface area contributed by atoms with Gasteiger partial charge in [0.25, 0.3) is 0 Å². The third-order valence-electron chi connectivity index (χ3n) is 14.2. The smallest absolute Gasteiger partial charge is 0.231 e. The Kier molecular flexibility index (Phi) is 102. The molecular weight excluding hydrogens is 1470 g/mol. The zero-order valence-corrected chi connectivity index (χ0v) is 81.6. The van der Waals surface area contributed by atoms with E-state index in [1.807, 2.05) is 287 Å². The van der Waals surface area contributed by atoms with Gasteiger partial charge in [-0.25, -0.2) is 15.0 Å². The lowest BCUT2D eigenvalue weighted by atomic mass is 10.0. The van der Waals surface area contributed by atoms with Crippen molar-refractivity contribution < 1.29 is 32.3 Å². The highest BCUT2D eigenvalue weighted by Crippen LogP contribution is 2.32. The van der Waals surface area contributed by atoms with Gasteiger partial charge in [0, 0.05) is 50.0 Å². The molecule has 0 amide bonds. The number of fused-ring (bicyclic) bond motifs is 4. The Bertz CT molecular complexity index is 3490. The van der Waals surface area contributed by atoms with Crippen molar-refractivity contribution in [1.82, 2.24) is 45.5 Å². The summed E-state index contributed by atoms with van der Waals surface area (Å²) in [7, 11) is 2.11. The maximum atomic E-state index is 5.16. The molecule has 4 aliphatic heterocycles. The van der Waals surface area contributed by atoms with Crippen molar-refractivity contribution in [2.75, 3.05) is 66.4 Å². The highest BCUT2D eigenvalue weighted by atomic mass is 32.1. The quantitative estimate of drug-likeness (QED) is 0.130. The van der Waals surface area contributed by atoms with Crippen molar-refractivity contribution in [3.8, 4) is 11.5 Å². The summed E-state index contributed by atoms with van der Waals surface area (Å²) in [5, 5.41) is 20.0. The molecular formula is C100H171N9O7S. The molecule has 16 rings (SSSR count). The highest BCUT2D eigenvalue weighted by molar-refractivity contribution is 7.07. The van der Waals surface area contributed by atoms with Crippen LogP contribution in [0.5, 0.6) is 11.5 Å². The summed E-state index contributed by atoms with van der Waals surface area (Å²) in [5.74, 6) is 3.60. The van der Waals surface area contributed by atoms with Crippen molar-refractivity contribution in [1.29, 1.82) is 0 Å². The lowest BCUT2D eigenvalue weighted by molar-refractivity contribution is 0.0503. The molecule has 6 aromatic heterocycles. The minimum absolute atomic E-state index is 0.360. The number of nitrogens with one attached hydrogen (secondary N) is 3. The van der Waals surface area contributed by atoms with Crippen molar-refractivity contribution in [2.45, 2.75) is 268 Å². The summed E-state index contributed by atoms with van der Waals surface area (Å²) in [5.41, 5.74) is 14.5. The van der Waals surface area contributed by atoms with Crippen LogP contribution in [0.25, 0.3) is 33.0 Å². The van der Waals surface area contributed by atoms with Crippen LogP contribution >= 0.6 is 11.3 Å². The Balaban J connectivity index is -0.000000181. The van der Waals surface area contributed by atoms with Crippen molar-refractivity contribution in [3.05, 3.63) is 245 Å². The number of nitrogens with zero attached hydrogens (tertiary/aromatic N) is 6. The normalized spacial score (nSPS) is 11.4. The Morgan fingerprint density at radius 3 is 1.32 bits per heavy atom. The Hall–Kier alpha value is -8.71. The molecule has 0 saturated carbocycles. The van der Waals surface area contributed by atoms with Crippen LogP contribution in [0, 0.1) is 74.1 Å². The van der Waals surface area contributed by atoms with Crippen LogP contribution in [0.2, 0.25) is 0 Å². The molecule has 10 heterocycles. The SMILES string of the molecule is CC.CC.CC.CC.CC.CC.CC.CC.CC.CC.CC.CC.CC1CCNCC1.CC1CCOCC1.CN1CCOCC1.Cc1ccc2c(c1)OCO2.Cc1ccc2ccccc2c1.Cc1ccc2ncoc2c1.Cc1ccc2ocnc2c1.Cc1ccccc1.Cc1ccsc1.Cc1cn[nH]c1.Cc1cnc[nH]1.Cc1cnoc1. The molecule has 117 heavy (non-hydrogen) atoms. The van der Waals surface area contributed by atoms with Crippen LogP contribution in [0.3, 0.4) is 0 Å². The minimum atomic E-state index is 0.360. The second-order valence-electron chi connectivity index (χ2n) is 23.2. The van der Waals surface area contributed by atoms with Gasteiger partial charge in [0.2, 0.25) is 6.79 Å². The number of H-pyrrole nitrogens is 2. The van der Waals surface area contributed by atoms with Crippen LogP contribution < -0.4 is 14.8 Å². The Morgan fingerprint density at radius 2 is 0.915 bits per heavy atom. The van der Waals surface area contributed by atoms with Gasteiger partial charge in [-0.05, 0) is 212 Å². The van der Waals surface area contributed by atoms with E-state index in [9.17, 15) is 0 Å². The molecule has 3 fully saturated rings. The number of morpholine rings is 1. The minimum Gasteiger partial charge on any atom is -0.454 e. The molecule has 3 N–H and O–H groups in total. The van der Waals surface area contributed by atoms with E-state index in [4.69, 9.17) is 27.8 Å². The van der Waals surface area contributed by atoms with E-state index >= 15 is 0 Å². The van der Waals surface area contributed by atoms with Crippen LogP contribution in [-0.4, -0.2) is 107 Å². The number of piperidine rings is 1. The standard InChI is InChI=1S/C11H10.2C8H7NO.C8H8O2.C7H8.C6H13N.C6H12O.C5H11NO.C5H6S.2C4H6N2.C4H5NO.12C2H6/c1-9-6-7-10-4-2-3-5-11(10)8-9;1-6-2-3-8-7(4-6)9-5-10-8;2*1-6-2-3-7-8(4-6)10-5-9-7;1-7-5-3-2-4-6-7;3*1-6-2-4-7-5-3-6;1-5-2-3-6-4-5;1-4-2-5-3-6-4;2*1-4-2-5-6-3-4;12*1-2/h2-8H,1H3;2*2-5H,1H3;2-4H,5H2,1H3;2-6H,1H3;6-7H,2-5H2,1H3;6H,2-5H2,1H3;2-5H2,1H3;2-4H,1H3;2*2-3H,1H3,(H,5,6);2-3H,1H3;12*1-2H3. The second kappa shape index (κ2) is 96.1. The topological polar surface area (TPSA) is 188 Å². The molecule has 0 unspecified atom stereocenters. The summed E-state index contributed by atoms with van der Waals surface area (Å²) >= 11 is 1.74. The van der Waals surface area contributed by atoms with E-state index in [0.717, 1.165) is 96.3 Å². The number of rotatable bonds is 0. The number of aromatic amines is 2. The van der Waals surface area contributed by atoms with E-state index in [1.165, 1.54) is 101 Å². The van der Waals surface area contributed by atoms with E-state index in [-0.39, 0.29) is 0 Å². The molecule has 0 aliphatic carbocycles. The fraction of sp³-hybridized carbons (Fsp3) is 0.510. The molecule has 0 radical (unpaired) electrons. The summed E-state index contributed by atoms with van der Waals surface area (Å²) < 4.78 is 35.1. The molecule has 17 heteroatoms. The number of likely N-dealkylation sites (N-methyl/N-ethyl adjacent to an activating group) is 1. The van der Waals surface area contributed by atoms with E-state index in [2.05, 4.69) is 163 Å². The van der Waals surface area contributed by atoms with Gasteiger partial charge in [0.05, 0.1) is 31.9 Å². The monoisotopic (exact) mass is 1640 g/mol. The highest BCUT2D eigenvalue weighted by Gasteiger charge is 2.11. The van der Waals surface area contributed by atoms with Gasteiger partial charge in [0.1, 0.15) is 17.3 Å². The fourth-order valence-corrected chi connectivity index (χ4v) is 9.11. The van der Waals surface area contributed by atoms with Crippen LogP contribution in [0.4, 0.5) is 0 Å². The molecule has 664 valence electrons. The average molecular weight is 1640 g/mol. The van der Waals surface area contributed by atoms with E-state index in [1.54, 1.807) is 42.5 Å². The van der Waals surface area contributed by atoms with Crippen molar-refractivity contribution >= 4 is 44.3 Å². The predicted molar refractivity (Wildman–Crippen MR) is 517 cm³/mol. The fourth-order valence-electron chi connectivity index (χ4n) is 8.44. The van der Waals surface area contributed by atoms with Gasteiger partial charge in [-0.1, -0.05) is 287 Å². The first-order valence-corrected chi connectivity index (χ1v) is 44.8. The number of imidazole rings is 1. The number of hydrogen-bond acceptors (Lipinski definition) is 15. The lowest BCUT2D eigenvalue weighted by Crippen LogP contribution is -2.32. The van der Waals surface area contributed by atoms with Gasteiger partial charge >= 0.3 is 0 Å². The number of aryl methyl sites for hydroxylation is 9. The first kappa shape index (κ1) is 124. The van der Waals surface area contributed by atoms with Crippen molar-refractivity contribution in [2.24, 2.45) is 11.8 Å². The number of hydrogen-bond donors (Lipinski definition) is 3. The zero-order chi connectivity index (χ0) is 90.7. The molecule has 0 spiro atoms. The molecule has 16 nitrogen and oxygen atoms in total. The summed E-state index contributed by atoms with van der Waals surface area (Å²) in [6, 6.07) is 45.1. The average Bonchev–Trinajstić information content (AvgIpc) is 1.85. The summed E-state index contributed by atoms with van der Waals surface area (Å²) in [6.45, 7) is 79.7. The molecule has 4 aliphatic rings. The maximum absolute atomic E-state index is 5.16. The second-order valence-corrected chi connectivity index (χ2v) is 23.9. The van der Waals surface area contributed by atoms with Gasteiger partial charge < -0.3 is 47.5 Å².